The van der Waals surface area contributed by atoms with Gasteiger partial charge in [-0.3, -0.25) is 4.79 Å². The normalized spacial score (nSPS) is 33.4. The first-order valence-electron chi connectivity index (χ1n) is 12.0. The van der Waals surface area contributed by atoms with Crippen molar-refractivity contribution >= 4 is 21.9 Å². The molecule has 2 fully saturated rings. The Balaban J connectivity index is 1.48. The van der Waals surface area contributed by atoms with Crippen molar-refractivity contribution in [2.45, 2.75) is 62.2 Å². The third kappa shape index (κ3) is 4.74. The summed E-state index contributed by atoms with van der Waals surface area (Å²) in [5.74, 6) is -1.14. The Kier molecular flexibility index (Phi) is 7.30. The van der Waals surface area contributed by atoms with Crippen LogP contribution in [-0.2, 0) is 14.2 Å². The highest BCUT2D eigenvalue weighted by atomic mass is 16.8. The lowest BCUT2D eigenvalue weighted by atomic mass is 9.99. The second kappa shape index (κ2) is 10.4. The van der Waals surface area contributed by atoms with Gasteiger partial charge in [-0.15, -0.1) is 0 Å². The van der Waals surface area contributed by atoms with Crippen molar-refractivity contribution in [3.63, 3.8) is 0 Å². The van der Waals surface area contributed by atoms with Crippen LogP contribution in [0.4, 0.5) is 0 Å². The predicted molar refractivity (Wildman–Crippen MR) is 129 cm³/mol. The van der Waals surface area contributed by atoms with E-state index in [1.165, 1.54) is 38.3 Å². The molecule has 2 saturated heterocycles. The first kappa shape index (κ1) is 27.4. The Morgan fingerprint density at radius 3 is 2.36 bits per heavy atom. The Bertz CT molecular complexity index is 1420. The van der Waals surface area contributed by atoms with Gasteiger partial charge in [0.1, 0.15) is 64.0 Å². The van der Waals surface area contributed by atoms with Gasteiger partial charge < -0.3 is 63.8 Å². The molecule has 39 heavy (non-hydrogen) atoms. The molecule has 3 aromatic rings. The summed E-state index contributed by atoms with van der Waals surface area (Å²) in [5, 5.41) is 71.9. The molecule has 1 aromatic heterocycles. The molecule has 0 unspecified atom stereocenters. The molecule has 9 atom stereocenters. The van der Waals surface area contributed by atoms with Crippen LogP contribution < -0.4 is 14.9 Å². The largest absolute Gasteiger partial charge is 0.507 e. The maximum Gasteiger partial charge on any atom is 0.229 e. The molecule has 5 rings (SSSR count). The molecular weight excluding hydrogens is 524 g/mol. The molecule has 0 radical (unpaired) electrons. The maximum absolute atomic E-state index is 13.2. The molecule has 7 N–H and O–H groups in total. The quantitative estimate of drug-likeness (QED) is 0.190. The fraction of sp³-hybridized carbons (Fsp3) is 0.480. The lowest BCUT2D eigenvalue weighted by Crippen LogP contribution is -2.62. The van der Waals surface area contributed by atoms with Crippen molar-refractivity contribution < 1.29 is 63.8 Å². The van der Waals surface area contributed by atoms with Gasteiger partial charge in [0.25, 0.3) is 0 Å². The van der Waals surface area contributed by atoms with E-state index in [1.54, 1.807) is 0 Å². The van der Waals surface area contributed by atoms with E-state index in [0.717, 1.165) is 0 Å². The molecule has 2 aliphatic heterocycles. The van der Waals surface area contributed by atoms with E-state index in [9.17, 15) is 40.5 Å². The van der Waals surface area contributed by atoms with E-state index in [4.69, 9.17) is 28.1 Å². The van der Waals surface area contributed by atoms with Gasteiger partial charge in [-0.25, -0.2) is 0 Å². The topological polar surface area (TPSA) is 218 Å². The van der Waals surface area contributed by atoms with Crippen LogP contribution in [0.1, 0.15) is 6.92 Å². The highest BCUT2D eigenvalue weighted by molar-refractivity contribution is 5.97. The fourth-order valence-electron chi connectivity index (χ4n) is 4.62. The number of ether oxygens (including phenoxy) is 5. The molecule has 0 bridgehead atoms. The number of phenols is 2. The predicted octanol–water partition coefficient (Wildman–Crippen LogP) is -0.964. The second-order valence-corrected chi connectivity index (χ2v) is 9.40. The smallest absolute Gasteiger partial charge is 0.229 e. The summed E-state index contributed by atoms with van der Waals surface area (Å²) in [5.41, 5.74) is -0.772. The van der Waals surface area contributed by atoms with Gasteiger partial charge in [0.2, 0.25) is 11.7 Å². The summed E-state index contributed by atoms with van der Waals surface area (Å²) in [4.78, 5) is 13.2. The van der Waals surface area contributed by atoms with E-state index in [1.807, 2.05) is 0 Å². The molecule has 0 amide bonds. The van der Waals surface area contributed by atoms with Gasteiger partial charge in [0, 0.05) is 12.1 Å². The zero-order valence-corrected chi connectivity index (χ0v) is 20.7. The number of aliphatic hydroxyl groups is 5. The summed E-state index contributed by atoms with van der Waals surface area (Å²) in [6.45, 7) is 1.04. The molecule has 3 heterocycles. The lowest BCUT2D eigenvalue weighted by molar-refractivity contribution is -0.344. The lowest BCUT2D eigenvalue weighted by Gasteiger charge is -2.43. The SMILES string of the molecule is COc1cc(O)c2c(=O)c3c(O)c(O[C@@H]4OC[C@@H](O)[C@H](O)[C@H]4O[C@@H]4O[C@@H](C)[C@H](O)[C@@H](O)[C@H]4O)ccc3oc2c1. The standard InChI is InChI=1S/C25H28O14/c1-8-17(28)21(32)22(33)24(36-8)39-23-18(29)11(27)7-35-25(23)38-13-4-3-12-16(19(13)30)20(31)15-10(26)5-9(34-2)6-14(15)37-12/h3-6,8,11,17-18,21-30,32-33H,7H2,1-2H3/t8-,11+,17-,18-,21+,22+,23+,24-,25-/m0/s1. The van der Waals surface area contributed by atoms with Crippen molar-refractivity contribution in [2.24, 2.45) is 0 Å². The van der Waals surface area contributed by atoms with Crippen LogP contribution in [0.15, 0.2) is 33.5 Å². The molecule has 0 aliphatic carbocycles. The number of fused-ring (bicyclic) bond motifs is 2. The van der Waals surface area contributed by atoms with E-state index < -0.39 is 78.8 Å². The van der Waals surface area contributed by atoms with Gasteiger partial charge in [-0.05, 0) is 19.1 Å². The number of hydrogen-bond donors (Lipinski definition) is 7. The van der Waals surface area contributed by atoms with Crippen LogP contribution in [0.5, 0.6) is 23.0 Å². The zero-order valence-electron chi connectivity index (χ0n) is 20.7. The average Bonchev–Trinajstić information content (AvgIpc) is 2.90. The Hall–Kier alpha value is -3.21. The Morgan fingerprint density at radius 1 is 0.897 bits per heavy atom. The molecule has 0 spiro atoms. The minimum atomic E-state index is -1.72. The third-order valence-electron chi connectivity index (χ3n) is 6.84. The minimum absolute atomic E-state index is 0.0196. The van der Waals surface area contributed by atoms with Gasteiger partial charge >= 0.3 is 0 Å². The average molecular weight is 552 g/mol. The van der Waals surface area contributed by atoms with E-state index in [-0.39, 0.29) is 33.4 Å². The number of methoxy groups -OCH3 is 1. The van der Waals surface area contributed by atoms with E-state index in [2.05, 4.69) is 0 Å². The number of phenolic OH excluding ortho intramolecular Hbond substituents is 2. The first-order valence-corrected chi connectivity index (χ1v) is 12.0. The van der Waals surface area contributed by atoms with E-state index in [0.29, 0.717) is 0 Å². The summed E-state index contributed by atoms with van der Waals surface area (Å²) >= 11 is 0. The number of aliphatic hydroxyl groups excluding tert-OH is 5. The van der Waals surface area contributed by atoms with Crippen molar-refractivity contribution in [1.29, 1.82) is 0 Å². The molecule has 14 heteroatoms. The van der Waals surface area contributed by atoms with Crippen molar-refractivity contribution in [2.75, 3.05) is 13.7 Å². The summed E-state index contributed by atoms with van der Waals surface area (Å²) < 4.78 is 33.0. The van der Waals surface area contributed by atoms with Gasteiger partial charge in [-0.1, -0.05) is 0 Å². The monoisotopic (exact) mass is 552 g/mol. The van der Waals surface area contributed by atoms with Crippen LogP contribution in [0, 0.1) is 0 Å². The number of benzene rings is 2. The van der Waals surface area contributed by atoms with Gasteiger partial charge in [-0.2, -0.15) is 0 Å². The molecule has 14 nitrogen and oxygen atoms in total. The highest BCUT2D eigenvalue weighted by Crippen LogP contribution is 2.38. The Labute approximate surface area is 219 Å². The molecular formula is C25H28O14. The molecule has 212 valence electrons. The minimum Gasteiger partial charge on any atom is -0.507 e. The van der Waals surface area contributed by atoms with Crippen molar-refractivity contribution in [3.8, 4) is 23.0 Å². The third-order valence-corrected chi connectivity index (χ3v) is 6.84. The highest BCUT2D eigenvalue weighted by Gasteiger charge is 2.48. The van der Waals surface area contributed by atoms with Crippen LogP contribution in [0.25, 0.3) is 21.9 Å². The Morgan fingerprint density at radius 2 is 1.64 bits per heavy atom. The second-order valence-electron chi connectivity index (χ2n) is 9.40. The van der Waals surface area contributed by atoms with Crippen LogP contribution >= 0.6 is 0 Å². The first-order chi connectivity index (χ1) is 18.5. The van der Waals surface area contributed by atoms with E-state index >= 15 is 0 Å². The van der Waals surface area contributed by atoms with Gasteiger partial charge in [0.15, 0.2) is 23.9 Å². The van der Waals surface area contributed by atoms with Crippen molar-refractivity contribution in [3.05, 3.63) is 34.5 Å². The number of aromatic hydroxyl groups is 2. The maximum atomic E-state index is 13.2. The summed E-state index contributed by atoms with van der Waals surface area (Å²) in [7, 11) is 1.38. The number of hydrogen-bond acceptors (Lipinski definition) is 14. The molecule has 0 saturated carbocycles. The number of rotatable bonds is 5. The summed E-state index contributed by atoms with van der Waals surface area (Å²) in [6.07, 6.45) is -13.3. The molecule has 2 aliphatic rings. The van der Waals surface area contributed by atoms with Crippen LogP contribution in [0.2, 0.25) is 0 Å². The van der Waals surface area contributed by atoms with Crippen LogP contribution in [0.3, 0.4) is 0 Å². The van der Waals surface area contributed by atoms with Gasteiger partial charge in [0.05, 0.1) is 19.8 Å². The fourth-order valence-corrected chi connectivity index (χ4v) is 4.62. The molecule has 2 aromatic carbocycles. The van der Waals surface area contributed by atoms with Crippen molar-refractivity contribution in [1.82, 2.24) is 0 Å². The van der Waals surface area contributed by atoms with Crippen LogP contribution in [-0.4, -0.2) is 105 Å². The zero-order chi connectivity index (χ0) is 28.2. The summed E-state index contributed by atoms with van der Waals surface area (Å²) in [6, 6.07) is 5.21.